The maximum Gasteiger partial charge on any atom is 0.0379 e. The van der Waals surface area contributed by atoms with Gasteiger partial charge in [-0.3, -0.25) is 0 Å². The van der Waals surface area contributed by atoms with E-state index in [1.165, 1.54) is 31.5 Å². The van der Waals surface area contributed by atoms with Crippen molar-refractivity contribution in [1.29, 1.82) is 0 Å². The second-order valence-electron chi connectivity index (χ2n) is 4.39. The highest BCUT2D eigenvalue weighted by molar-refractivity contribution is 5.62. The summed E-state index contributed by atoms with van der Waals surface area (Å²) in [5.74, 6) is 0. The van der Waals surface area contributed by atoms with Gasteiger partial charge in [0.1, 0.15) is 0 Å². The van der Waals surface area contributed by atoms with E-state index >= 15 is 0 Å². The smallest absolute Gasteiger partial charge is 0.0379 e. The topological polar surface area (TPSA) is 12.0 Å². The molecule has 1 saturated carbocycles. The van der Waals surface area contributed by atoms with Gasteiger partial charge >= 0.3 is 0 Å². The van der Waals surface area contributed by atoms with Crippen LogP contribution in [0.3, 0.4) is 0 Å². The summed E-state index contributed by atoms with van der Waals surface area (Å²) in [5, 5.41) is 3.45. The Balaban J connectivity index is 0.000000226. The van der Waals surface area contributed by atoms with Crippen LogP contribution >= 0.6 is 0 Å². The minimum atomic E-state index is 0.566. The lowest BCUT2D eigenvalue weighted by Crippen LogP contribution is -2.07. The summed E-state index contributed by atoms with van der Waals surface area (Å²) in [6.07, 6.45) is 4.02. The molecule has 0 saturated heterocycles. The maximum absolute atomic E-state index is 3.45. The average Bonchev–Trinajstić information content (AvgIpc) is 2.88. The molecule has 14 heavy (non-hydrogen) atoms. The molecule has 0 radical (unpaired) electrons. The molecule has 1 N–H and O–H groups in total. The van der Waals surface area contributed by atoms with Crippen LogP contribution < -0.4 is 5.32 Å². The summed E-state index contributed by atoms with van der Waals surface area (Å²) < 4.78 is 0. The number of para-hydroxylation sites is 1. The minimum absolute atomic E-state index is 0.566. The molecule has 1 aliphatic carbocycles. The van der Waals surface area contributed by atoms with Gasteiger partial charge in [0.25, 0.3) is 0 Å². The van der Waals surface area contributed by atoms with Gasteiger partial charge in [0, 0.05) is 17.6 Å². The lowest BCUT2D eigenvalue weighted by atomic mass is 9.99. The van der Waals surface area contributed by atoms with Gasteiger partial charge in [0.15, 0.2) is 0 Å². The van der Waals surface area contributed by atoms with E-state index in [2.05, 4.69) is 43.4 Å². The molecule has 1 aromatic rings. The third kappa shape index (κ3) is 1.52. The fourth-order valence-electron chi connectivity index (χ4n) is 2.06. The molecule has 3 rings (SSSR count). The zero-order valence-corrected chi connectivity index (χ0v) is 9.14. The number of anilines is 1. The van der Waals surface area contributed by atoms with Crippen LogP contribution in [0.2, 0.25) is 0 Å². The maximum atomic E-state index is 3.45. The zero-order valence-electron chi connectivity index (χ0n) is 9.14. The Hall–Kier alpha value is -0.980. The van der Waals surface area contributed by atoms with E-state index < -0.39 is 0 Å². The summed E-state index contributed by atoms with van der Waals surface area (Å²) in [7, 11) is 0. The molecule has 0 aromatic heterocycles. The van der Waals surface area contributed by atoms with Crippen LogP contribution in [0.4, 0.5) is 5.69 Å². The van der Waals surface area contributed by atoms with Crippen LogP contribution in [0.15, 0.2) is 24.3 Å². The molecule has 0 bridgehead atoms. The quantitative estimate of drug-likeness (QED) is 0.658. The molecule has 0 unspecified atom stereocenters. The van der Waals surface area contributed by atoms with Gasteiger partial charge < -0.3 is 5.32 Å². The lowest BCUT2D eigenvalue weighted by Gasteiger charge is -2.03. The number of hydrogen-bond donors (Lipinski definition) is 1. The molecule has 1 fully saturated rings. The highest BCUT2D eigenvalue weighted by Gasteiger charge is 2.48. The summed E-state index contributed by atoms with van der Waals surface area (Å²) in [4.78, 5) is 0. The van der Waals surface area contributed by atoms with Crippen LogP contribution in [-0.2, 0) is 5.41 Å². The number of hydrogen-bond acceptors (Lipinski definition) is 1. The van der Waals surface area contributed by atoms with Crippen molar-refractivity contribution in [3.05, 3.63) is 29.8 Å². The Labute approximate surface area is 86.5 Å². The molecule has 1 nitrogen and oxygen atoms in total. The number of rotatable bonds is 0. The Morgan fingerprint density at radius 1 is 1.21 bits per heavy atom. The van der Waals surface area contributed by atoms with E-state index in [0.717, 1.165) is 0 Å². The van der Waals surface area contributed by atoms with Gasteiger partial charge in [-0.05, 0) is 24.5 Å². The lowest BCUT2D eigenvalue weighted by molar-refractivity contribution is 0.778. The highest BCUT2D eigenvalue weighted by Crippen LogP contribution is 2.53. The Morgan fingerprint density at radius 3 is 2.50 bits per heavy atom. The van der Waals surface area contributed by atoms with E-state index in [9.17, 15) is 0 Å². The first kappa shape index (κ1) is 9.57. The summed E-state index contributed by atoms with van der Waals surface area (Å²) in [5.41, 5.74) is 3.49. The first-order chi connectivity index (χ1) is 6.82. The number of fused-ring (bicyclic) bond motifs is 2. The third-order valence-electron chi connectivity index (χ3n) is 2.97. The van der Waals surface area contributed by atoms with Gasteiger partial charge in [-0.25, -0.2) is 0 Å². The van der Waals surface area contributed by atoms with Gasteiger partial charge in [-0.1, -0.05) is 38.5 Å². The van der Waals surface area contributed by atoms with Crippen molar-refractivity contribution < 1.29 is 0 Å². The van der Waals surface area contributed by atoms with Crippen molar-refractivity contribution in [1.82, 2.24) is 0 Å². The van der Waals surface area contributed by atoms with E-state index in [4.69, 9.17) is 0 Å². The first-order valence-corrected chi connectivity index (χ1v) is 5.66. The fraction of sp³-hybridized carbons (Fsp3) is 0.538. The van der Waals surface area contributed by atoms with Crippen molar-refractivity contribution in [2.75, 3.05) is 11.9 Å². The Bertz CT molecular complexity index is 313. The highest BCUT2D eigenvalue weighted by atomic mass is 15.0. The van der Waals surface area contributed by atoms with Crippen molar-refractivity contribution in [2.45, 2.75) is 38.5 Å². The van der Waals surface area contributed by atoms with Crippen LogP contribution in [0.1, 0.15) is 38.7 Å². The van der Waals surface area contributed by atoms with Gasteiger partial charge in [-0.2, -0.15) is 0 Å². The number of nitrogens with one attached hydrogen (secondary N) is 1. The van der Waals surface area contributed by atoms with Crippen molar-refractivity contribution >= 4 is 5.69 Å². The van der Waals surface area contributed by atoms with Gasteiger partial charge in [0.05, 0.1) is 0 Å². The largest absolute Gasteiger partial charge is 0.384 e. The van der Waals surface area contributed by atoms with E-state index in [1.807, 2.05) is 0 Å². The van der Waals surface area contributed by atoms with Crippen LogP contribution in [0.25, 0.3) is 0 Å². The fourth-order valence-corrected chi connectivity index (χ4v) is 2.06. The van der Waals surface area contributed by atoms with Crippen molar-refractivity contribution in [3.8, 4) is 0 Å². The van der Waals surface area contributed by atoms with E-state index in [0.29, 0.717) is 5.41 Å². The van der Waals surface area contributed by atoms with Crippen molar-refractivity contribution in [3.63, 3.8) is 0 Å². The predicted octanol–water partition coefficient (Wildman–Crippen LogP) is 3.56. The van der Waals surface area contributed by atoms with Gasteiger partial charge in [-0.15, -0.1) is 0 Å². The van der Waals surface area contributed by atoms with Crippen LogP contribution in [-0.4, -0.2) is 6.54 Å². The second kappa shape index (κ2) is 3.64. The molecule has 1 heteroatoms. The average molecular weight is 189 g/mol. The van der Waals surface area contributed by atoms with Crippen LogP contribution in [0, 0.1) is 0 Å². The molecular weight excluding hydrogens is 170 g/mol. The molecule has 2 aliphatic rings. The zero-order chi connectivity index (χ0) is 10.0. The minimum Gasteiger partial charge on any atom is -0.384 e. The molecule has 1 spiro atoms. The van der Waals surface area contributed by atoms with E-state index in [-0.39, 0.29) is 0 Å². The molecule has 1 heterocycles. The summed E-state index contributed by atoms with van der Waals surface area (Å²) >= 11 is 0. The Morgan fingerprint density at radius 2 is 1.86 bits per heavy atom. The monoisotopic (exact) mass is 189 g/mol. The Kier molecular flexibility index (Phi) is 2.49. The third-order valence-corrected chi connectivity index (χ3v) is 2.97. The molecule has 0 atom stereocenters. The summed E-state index contributed by atoms with van der Waals surface area (Å²) in [6.45, 7) is 5.42. The first-order valence-electron chi connectivity index (χ1n) is 5.66. The van der Waals surface area contributed by atoms with Crippen molar-refractivity contribution in [2.24, 2.45) is 0 Å². The standard InChI is InChI=1S/C10H11N.C3H8/c1-2-4-9-8(3-1)10(5-6-10)7-11-9;1-3-2/h1-4,11H,5-7H2;3H2,1-2H3. The summed E-state index contributed by atoms with van der Waals surface area (Å²) in [6, 6.07) is 8.70. The second-order valence-corrected chi connectivity index (χ2v) is 4.39. The normalized spacial score (nSPS) is 19.3. The van der Waals surface area contributed by atoms with Crippen LogP contribution in [0.5, 0.6) is 0 Å². The molecule has 1 aliphatic heterocycles. The van der Waals surface area contributed by atoms with E-state index in [1.54, 1.807) is 5.56 Å². The SMILES string of the molecule is CCC.c1ccc2c(c1)NCC21CC1. The molecule has 76 valence electrons. The predicted molar refractivity (Wildman–Crippen MR) is 61.8 cm³/mol. The molecular formula is C13H19N. The molecule has 0 amide bonds. The van der Waals surface area contributed by atoms with Gasteiger partial charge in [0.2, 0.25) is 0 Å². The number of benzene rings is 1. The molecule has 1 aromatic carbocycles.